The lowest BCUT2D eigenvalue weighted by molar-refractivity contribution is -0.141. The molecule has 1 aromatic rings. The molecule has 1 aliphatic heterocycles. The van der Waals surface area contributed by atoms with Crippen LogP contribution in [-0.2, 0) is 10.9 Å². The number of nitrogens with zero attached hydrogens (tertiary/aromatic N) is 1. The summed E-state index contributed by atoms with van der Waals surface area (Å²) in [6.07, 6.45) is -1.31. The molecule has 16 heavy (non-hydrogen) atoms. The molecule has 2 rings (SSSR count). The number of ether oxygens (including phenoxy) is 1. The van der Waals surface area contributed by atoms with E-state index in [1.54, 1.807) is 0 Å². The van der Waals surface area contributed by atoms with Crippen molar-refractivity contribution >= 4 is 0 Å². The van der Waals surface area contributed by atoms with Crippen molar-refractivity contribution in [3.8, 4) is 0 Å². The fourth-order valence-electron chi connectivity index (χ4n) is 1.85. The first-order chi connectivity index (χ1) is 7.57. The predicted molar refractivity (Wildman–Crippen MR) is 52.0 cm³/mol. The Bertz CT molecular complexity index is 341. The molecule has 0 radical (unpaired) electrons. The molecule has 0 bridgehead atoms. The number of hydrogen-bond donors (Lipinski definition) is 0. The van der Waals surface area contributed by atoms with E-state index >= 15 is 0 Å². The number of aromatic nitrogens is 1. The first-order valence-corrected chi connectivity index (χ1v) is 5.18. The van der Waals surface area contributed by atoms with E-state index in [2.05, 4.69) is 4.98 Å². The molecule has 1 fully saturated rings. The zero-order valence-corrected chi connectivity index (χ0v) is 8.63. The molecule has 2 nitrogen and oxygen atoms in total. The van der Waals surface area contributed by atoms with Crippen molar-refractivity contribution in [1.29, 1.82) is 0 Å². The molecule has 0 spiro atoms. The largest absolute Gasteiger partial charge is 0.433 e. The Morgan fingerprint density at radius 3 is 2.38 bits per heavy atom. The standard InChI is InChI=1S/C11H12F3NO/c12-11(13,14)10-2-1-9(7-15-10)8-3-5-16-6-4-8/h1-2,7-8H,3-6H2. The lowest BCUT2D eigenvalue weighted by Crippen LogP contribution is -2.15. The van der Waals surface area contributed by atoms with Crippen LogP contribution in [0.25, 0.3) is 0 Å². The molecule has 0 N–H and O–H groups in total. The highest BCUT2D eigenvalue weighted by molar-refractivity contribution is 5.20. The molecule has 1 saturated heterocycles. The van der Waals surface area contributed by atoms with Crippen LogP contribution < -0.4 is 0 Å². The van der Waals surface area contributed by atoms with Gasteiger partial charge < -0.3 is 4.74 Å². The summed E-state index contributed by atoms with van der Waals surface area (Å²) < 4.78 is 42.0. The maximum absolute atomic E-state index is 12.3. The minimum Gasteiger partial charge on any atom is -0.381 e. The summed E-state index contributed by atoms with van der Waals surface area (Å²) in [7, 11) is 0. The number of halogens is 3. The van der Waals surface area contributed by atoms with Gasteiger partial charge in [0.25, 0.3) is 0 Å². The van der Waals surface area contributed by atoms with Gasteiger partial charge in [0.2, 0.25) is 0 Å². The Hall–Kier alpha value is -1.10. The van der Waals surface area contributed by atoms with Gasteiger partial charge in [-0.2, -0.15) is 13.2 Å². The van der Waals surface area contributed by atoms with Crippen LogP contribution in [0.3, 0.4) is 0 Å². The third-order valence-electron chi connectivity index (χ3n) is 2.77. The summed E-state index contributed by atoms with van der Waals surface area (Å²) in [4.78, 5) is 3.46. The smallest absolute Gasteiger partial charge is 0.381 e. The van der Waals surface area contributed by atoms with Gasteiger partial charge in [0, 0.05) is 19.4 Å². The predicted octanol–water partition coefficient (Wildman–Crippen LogP) is 2.99. The quantitative estimate of drug-likeness (QED) is 0.741. The zero-order chi connectivity index (χ0) is 11.6. The van der Waals surface area contributed by atoms with Crippen LogP contribution in [0.4, 0.5) is 13.2 Å². The monoisotopic (exact) mass is 231 g/mol. The van der Waals surface area contributed by atoms with Crippen LogP contribution in [0, 0.1) is 0 Å². The Morgan fingerprint density at radius 1 is 1.19 bits per heavy atom. The van der Waals surface area contributed by atoms with Crippen LogP contribution in [0.2, 0.25) is 0 Å². The van der Waals surface area contributed by atoms with Crippen LogP contribution in [0.5, 0.6) is 0 Å². The van der Waals surface area contributed by atoms with E-state index in [1.807, 2.05) is 0 Å². The summed E-state index contributed by atoms with van der Waals surface area (Å²) in [5.74, 6) is 0.281. The highest BCUT2D eigenvalue weighted by Gasteiger charge is 2.32. The van der Waals surface area contributed by atoms with Crippen LogP contribution in [0.15, 0.2) is 18.3 Å². The molecule has 0 unspecified atom stereocenters. The fourth-order valence-corrected chi connectivity index (χ4v) is 1.85. The van der Waals surface area contributed by atoms with Crippen molar-refractivity contribution in [2.24, 2.45) is 0 Å². The van der Waals surface area contributed by atoms with Gasteiger partial charge in [-0.1, -0.05) is 6.07 Å². The fraction of sp³-hybridized carbons (Fsp3) is 0.545. The van der Waals surface area contributed by atoms with E-state index in [0.29, 0.717) is 13.2 Å². The molecular formula is C11H12F3NO. The Labute approximate surface area is 91.4 Å². The minimum absolute atomic E-state index is 0.281. The number of rotatable bonds is 1. The van der Waals surface area contributed by atoms with Crippen LogP contribution in [-0.4, -0.2) is 18.2 Å². The molecule has 0 atom stereocenters. The van der Waals surface area contributed by atoms with E-state index in [-0.39, 0.29) is 5.92 Å². The summed E-state index contributed by atoms with van der Waals surface area (Å²) >= 11 is 0. The van der Waals surface area contributed by atoms with Crippen molar-refractivity contribution < 1.29 is 17.9 Å². The topological polar surface area (TPSA) is 22.1 Å². The van der Waals surface area contributed by atoms with Gasteiger partial charge >= 0.3 is 6.18 Å². The number of hydrogen-bond acceptors (Lipinski definition) is 2. The van der Waals surface area contributed by atoms with Crippen molar-refractivity contribution in [1.82, 2.24) is 4.98 Å². The van der Waals surface area contributed by atoms with Crippen molar-refractivity contribution in [2.75, 3.05) is 13.2 Å². The first kappa shape index (κ1) is 11.4. The summed E-state index contributed by atoms with van der Waals surface area (Å²) in [5, 5.41) is 0. The second-order valence-corrected chi connectivity index (χ2v) is 3.86. The minimum atomic E-state index is -4.35. The molecular weight excluding hydrogens is 219 g/mol. The average Bonchev–Trinajstić information content (AvgIpc) is 2.29. The number of alkyl halides is 3. The molecule has 2 heterocycles. The highest BCUT2D eigenvalue weighted by atomic mass is 19.4. The normalized spacial score (nSPS) is 18.7. The van der Waals surface area contributed by atoms with Gasteiger partial charge in [-0.15, -0.1) is 0 Å². The molecule has 0 aromatic carbocycles. The first-order valence-electron chi connectivity index (χ1n) is 5.18. The number of pyridine rings is 1. The molecule has 88 valence electrons. The molecule has 0 amide bonds. The van der Waals surface area contributed by atoms with Crippen LogP contribution >= 0.6 is 0 Å². The molecule has 1 aliphatic rings. The van der Waals surface area contributed by atoms with Gasteiger partial charge in [0.1, 0.15) is 5.69 Å². The summed E-state index contributed by atoms with van der Waals surface area (Å²) in [6.45, 7) is 1.34. The summed E-state index contributed by atoms with van der Waals surface area (Å²) in [5.41, 5.74) is 0.0413. The van der Waals surface area contributed by atoms with Gasteiger partial charge in [-0.3, -0.25) is 4.98 Å². The Morgan fingerprint density at radius 2 is 1.88 bits per heavy atom. The zero-order valence-electron chi connectivity index (χ0n) is 8.63. The van der Waals surface area contributed by atoms with E-state index in [0.717, 1.165) is 24.5 Å². The highest BCUT2D eigenvalue weighted by Crippen LogP contribution is 2.30. The van der Waals surface area contributed by atoms with Gasteiger partial charge in [0.05, 0.1) is 0 Å². The van der Waals surface area contributed by atoms with Gasteiger partial charge in [-0.05, 0) is 30.4 Å². The SMILES string of the molecule is FC(F)(F)c1ccc(C2CCOCC2)cn1. The van der Waals surface area contributed by atoms with Crippen molar-refractivity contribution in [2.45, 2.75) is 24.9 Å². The molecule has 0 saturated carbocycles. The molecule has 0 aliphatic carbocycles. The summed E-state index contributed by atoms with van der Waals surface area (Å²) in [6, 6.07) is 2.57. The second kappa shape index (κ2) is 4.41. The van der Waals surface area contributed by atoms with Gasteiger partial charge in [0.15, 0.2) is 0 Å². The third-order valence-corrected chi connectivity index (χ3v) is 2.77. The molecule has 1 aromatic heterocycles. The van der Waals surface area contributed by atoms with E-state index < -0.39 is 11.9 Å². The second-order valence-electron chi connectivity index (χ2n) is 3.86. The lowest BCUT2D eigenvalue weighted by atomic mass is 9.93. The Balaban J connectivity index is 2.12. The third kappa shape index (κ3) is 2.52. The van der Waals surface area contributed by atoms with Gasteiger partial charge in [-0.25, -0.2) is 0 Å². The Kier molecular flexibility index (Phi) is 3.14. The van der Waals surface area contributed by atoms with Crippen molar-refractivity contribution in [3.63, 3.8) is 0 Å². The molecule has 5 heteroatoms. The van der Waals surface area contributed by atoms with E-state index in [9.17, 15) is 13.2 Å². The maximum Gasteiger partial charge on any atom is 0.433 e. The lowest BCUT2D eigenvalue weighted by Gasteiger charge is -2.22. The van der Waals surface area contributed by atoms with E-state index in [4.69, 9.17) is 4.74 Å². The van der Waals surface area contributed by atoms with E-state index in [1.165, 1.54) is 12.3 Å². The average molecular weight is 231 g/mol. The maximum atomic E-state index is 12.3. The van der Waals surface area contributed by atoms with Crippen molar-refractivity contribution in [3.05, 3.63) is 29.6 Å². The van der Waals surface area contributed by atoms with Crippen LogP contribution in [0.1, 0.15) is 30.0 Å².